The highest BCUT2D eigenvalue weighted by molar-refractivity contribution is 5.74. The van der Waals surface area contributed by atoms with Crippen LogP contribution in [0.1, 0.15) is 32.5 Å². The molecule has 0 spiro atoms. The molecule has 0 radical (unpaired) electrons. The van der Waals surface area contributed by atoms with E-state index in [1.54, 1.807) is 0 Å². The minimum atomic E-state index is 0.141. The molecule has 0 aliphatic heterocycles. The van der Waals surface area contributed by atoms with Crippen molar-refractivity contribution >= 4 is 11.0 Å². The lowest BCUT2D eigenvalue weighted by Gasteiger charge is -2.23. The predicted molar refractivity (Wildman–Crippen MR) is 76.4 cm³/mol. The normalized spacial score (nSPS) is 11.6. The van der Waals surface area contributed by atoms with Gasteiger partial charge in [0.05, 0.1) is 23.6 Å². The molecule has 0 aliphatic rings. The number of rotatable bonds is 6. The Morgan fingerprint density at radius 3 is 2.89 bits per heavy atom. The molecule has 0 unspecified atom stereocenters. The van der Waals surface area contributed by atoms with E-state index in [-0.39, 0.29) is 5.41 Å². The molecule has 2 rings (SSSR count). The van der Waals surface area contributed by atoms with Crippen molar-refractivity contribution in [3.63, 3.8) is 0 Å². The molecule has 1 heterocycles. The molecular weight excluding hydrogens is 236 g/mol. The first kappa shape index (κ1) is 13.6. The van der Waals surface area contributed by atoms with Crippen LogP contribution in [0.5, 0.6) is 0 Å². The number of aromatic nitrogens is 2. The summed E-state index contributed by atoms with van der Waals surface area (Å²) in [6.07, 6.45) is 1.52. The average molecular weight is 256 g/mol. The molecule has 0 bridgehead atoms. The quantitative estimate of drug-likeness (QED) is 0.835. The van der Waals surface area contributed by atoms with Crippen molar-refractivity contribution < 1.29 is 0 Å². The Morgan fingerprint density at radius 2 is 2.16 bits per heavy atom. The third-order valence-corrected chi connectivity index (χ3v) is 3.25. The Morgan fingerprint density at radius 1 is 1.37 bits per heavy atom. The highest BCUT2D eigenvalue weighted by Gasteiger charge is 2.16. The van der Waals surface area contributed by atoms with Crippen molar-refractivity contribution in [2.24, 2.45) is 5.41 Å². The van der Waals surface area contributed by atoms with Gasteiger partial charge in [0.1, 0.15) is 5.82 Å². The number of hydrogen-bond acceptors (Lipinski definition) is 3. The molecule has 1 aromatic heterocycles. The van der Waals surface area contributed by atoms with Crippen molar-refractivity contribution in [3.05, 3.63) is 30.1 Å². The zero-order chi connectivity index (χ0) is 13.7. The van der Waals surface area contributed by atoms with E-state index in [4.69, 9.17) is 5.26 Å². The van der Waals surface area contributed by atoms with E-state index in [9.17, 15) is 0 Å². The standard InChI is InChI=1S/C15H20N4/c1-15(2,8-5-9-16)11-17-10-14-18-12-6-3-4-7-13(12)19-14/h3-4,6-7,17H,5,8,10-11H2,1-2H3,(H,18,19). The molecule has 100 valence electrons. The first-order valence-electron chi connectivity index (χ1n) is 6.62. The second kappa shape index (κ2) is 5.85. The summed E-state index contributed by atoms with van der Waals surface area (Å²) in [7, 11) is 0. The van der Waals surface area contributed by atoms with Crippen LogP contribution in [-0.4, -0.2) is 16.5 Å². The number of H-pyrrole nitrogens is 1. The van der Waals surface area contributed by atoms with Gasteiger partial charge in [-0.3, -0.25) is 0 Å². The summed E-state index contributed by atoms with van der Waals surface area (Å²) in [5.41, 5.74) is 2.22. The first-order valence-corrected chi connectivity index (χ1v) is 6.62. The van der Waals surface area contributed by atoms with Crippen molar-refractivity contribution in [2.75, 3.05) is 6.54 Å². The molecule has 0 atom stereocenters. The van der Waals surface area contributed by atoms with Crippen LogP contribution in [0.2, 0.25) is 0 Å². The maximum absolute atomic E-state index is 8.63. The maximum atomic E-state index is 8.63. The van der Waals surface area contributed by atoms with Crippen LogP contribution in [0.4, 0.5) is 0 Å². The molecular formula is C15H20N4. The summed E-state index contributed by atoms with van der Waals surface area (Å²) < 4.78 is 0. The fraction of sp³-hybridized carbons (Fsp3) is 0.467. The third kappa shape index (κ3) is 3.80. The van der Waals surface area contributed by atoms with Crippen molar-refractivity contribution in [2.45, 2.75) is 33.2 Å². The van der Waals surface area contributed by atoms with E-state index in [2.05, 4.69) is 35.2 Å². The van der Waals surface area contributed by atoms with Crippen LogP contribution >= 0.6 is 0 Å². The predicted octanol–water partition coefficient (Wildman–Crippen LogP) is 2.98. The van der Waals surface area contributed by atoms with Gasteiger partial charge in [-0.05, 0) is 24.0 Å². The highest BCUT2D eigenvalue weighted by atomic mass is 15.0. The van der Waals surface area contributed by atoms with Gasteiger partial charge in [-0.1, -0.05) is 26.0 Å². The van der Waals surface area contributed by atoms with Gasteiger partial charge >= 0.3 is 0 Å². The van der Waals surface area contributed by atoms with E-state index in [1.807, 2.05) is 24.3 Å². The Kier molecular flexibility index (Phi) is 4.18. The van der Waals surface area contributed by atoms with Gasteiger partial charge in [-0.25, -0.2) is 4.98 Å². The number of imidazole rings is 1. The van der Waals surface area contributed by atoms with Crippen LogP contribution in [0.3, 0.4) is 0 Å². The number of fused-ring (bicyclic) bond motifs is 1. The van der Waals surface area contributed by atoms with Gasteiger partial charge in [0, 0.05) is 13.0 Å². The Labute approximate surface area is 113 Å². The zero-order valence-corrected chi connectivity index (χ0v) is 11.5. The lowest BCUT2D eigenvalue weighted by molar-refractivity contribution is 0.316. The Bertz CT molecular complexity index is 544. The van der Waals surface area contributed by atoms with E-state index >= 15 is 0 Å². The minimum Gasteiger partial charge on any atom is -0.341 e. The molecule has 0 amide bonds. The van der Waals surface area contributed by atoms with Gasteiger partial charge in [0.15, 0.2) is 0 Å². The fourth-order valence-electron chi connectivity index (χ4n) is 2.09. The van der Waals surface area contributed by atoms with Crippen molar-refractivity contribution in [1.29, 1.82) is 5.26 Å². The summed E-state index contributed by atoms with van der Waals surface area (Å²) in [6.45, 7) is 5.96. The molecule has 19 heavy (non-hydrogen) atoms. The second-order valence-corrected chi connectivity index (χ2v) is 5.63. The molecule has 2 aromatic rings. The van der Waals surface area contributed by atoms with Crippen LogP contribution in [0.25, 0.3) is 11.0 Å². The molecule has 0 saturated carbocycles. The van der Waals surface area contributed by atoms with Crippen LogP contribution < -0.4 is 5.32 Å². The lowest BCUT2D eigenvalue weighted by Crippen LogP contribution is -2.29. The SMILES string of the molecule is CC(C)(CCC#N)CNCc1nc2ccccc2[nH]1. The van der Waals surface area contributed by atoms with E-state index in [0.29, 0.717) is 6.42 Å². The minimum absolute atomic E-state index is 0.141. The number of aromatic amines is 1. The van der Waals surface area contributed by atoms with E-state index < -0.39 is 0 Å². The molecule has 0 saturated heterocycles. The smallest absolute Gasteiger partial charge is 0.121 e. The topological polar surface area (TPSA) is 64.5 Å². The largest absolute Gasteiger partial charge is 0.341 e. The Balaban J connectivity index is 1.87. The number of nitriles is 1. The van der Waals surface area contributed by atoms with Crippen molar-refractivity contribution in [1.82, 2.24) is 15.3 Å². The molecule has 0 fully saturated rings. The number of hydrogen-bond donors (Lipinski definition) is 2. The zero-order valence-electron chi connectivity index (χ0n) is 11.5. The van der Waals surface area contributed by atoms with E-state index in [0.717, 1.165) is 36.4 Å². The van der Waals surface area contributed by atoms with Crippen molar-refractivity contribution in [3.8, 4) is 6.07 Å². The number of nitrogens with zero attached hydrogens (tertiary/aromatic N) is 2. The van der Waals surface area contributed by atoms with Gasteiger partial charge in [-0.2, -0.15) is 5.26 Å². The van der Waals surface area contributed by atoms with Gasteiger partial charge in [-0.15, -0.1) is 0 Å². The first-order chi connectivity index (χ1) is 9.11. The average Bonchev–Trinajstić information content (AvgIpc) is 2.78. The van der Waals surface area contributed by atoms with Gasteiger partial charge < -0.3 is 10.3 Å². The highest BCUT2D eigenvalue weighted by Crippen LogP contribution is 2.20. The van der Waals surface area contributed by atoms with Crippen LogP contribution in [0.15, 0.2) is 24.3 Å². The summed E-state index contributed by atoms with van der Waals surface area (Å²) in [6, 6.07) is 10.2. The van der Waals surface area contributed by atoms with Crippen LogP contribution in [-0.2, 0) is 6.54 Å². The summed E-state index contributed by atoms with van der Waals surface area (Å²) in [4.78, 5) is 7.82. The molecule has 4 nitrogen and oxygen atoms in total. The van der Waals surface area contributed by atoms with Crippen LogP contribution in [0, 0.1) is 16.7 Å². The maximum Gasteiger partial charge on any atom is 0.121 e. The molecule has 2 N–H and O–H groups in total. The summed E-state index contributed by atoms with van der Waals surface area (Å²) in [5, 5.41) is 12.0. The fourth-order valence-corrected chi connectivity index (χ4v) is 2.09. The molecule has 1 aromatic carbocycles. The molecule has 0 aliphatic carbocycles. The number of para-hydroxylation sites is 2. The van der Waals surface area contributed by atoms with E-state index in [1.165, 1.54) is 0 Å². The Hall–Kier alpha value is -1.86. The summed E-state index contributed by atoms with van der Waals surface area (Å²) >= 11 is 0. The second-order valence-electron chi connectivity index (χ2n) is 5.63. The number of benzene rings is 1. The van der Waals surface area contributed by atoms with Gasteiger partial charge in [0.25, 0.3) is 0 Å². The van der Waals surface area contributed by atoms with Gasteiger partial charge in [0.2, 0.25) is 0 Å². The summed E-state index contributed by atoms with van der Waals surface area (Å²) in [5.74, 6) is 0.956. The monoisotopic (exact) mass is 256 g/mol. The molecule has 4 heteroatoms. The lowest BCUT2D eigenvalue weighted by atomic mass is 9.88. The number of nitrogens with one attached hydrogen (secondary N) is 2. The third-order valence-electron chi connectivity index (χ3n) is 3.25.